The molecule has 1 saturated heterocycles. The van der Waals surface area contributed by atoms with E-state index in [4.69, 9.17) is 16.3 Å². The third kappa shape index (κ3) is 4.45. The fourth-order valence-corrected chi connectivity index (χ4v) is 4.16. The molecular formula is C22H25ClN2O2. The molecule has 0 radical (unpaired) electrons. The van der Waals surface area contributed by atoms with Crippen molar-refractivity contribution in [2.75, 3.05) is 13.1 Å². The fraction of sp³-hybridized carbons (Fsp3) is 0.409. The van der Waals surface area contributed by atoms with E-state index in [0.717, 1.165) is 43.8 Å². The molecule has 27 heavy (non-hydrogen) atoms. The van der Waals surface area contributed by atoms with Crippen LogP contribution in [-0.4, -0.2) is 36.0 Å². The van der Waals surface area contributed by atoms with Crippen molar-refractivity contribution in [1.82, 2.24) is 10.2 Å². The van der Waals surface area contributed by atoms with Crippen LogP contribution >= 0.6 is 11.6 Å². The van der Waals surface area contributed by atoms with Crippen LogP contribution in [-0.2, 0) is 17.8 Å². The summed E-state index contributed by atoms with van der Waals surface area (Å²) in [5, 5.41) is 3.86. The molecule has 1 amide bonds. The predicted molar refractivity (Wildman–Crippen MR) is 107 cm³/mol. The van der Waals surface area contributed by atoms with E-state index in [1.54, 1.807) is 6.07 Å². The first-order valence-corrected chi connectivity index (χ1v) is 9.98. The quantitative estimate of drug-likeness (QED) is 0.873. The van der Waals surface area contributed by atoms with Gasteiger partial charge in [0.2, 0.25) is 0 Å². The first kappa shape index (κ1) is 18.3. The molecule has 4 rings (SSSR count). The topological polar surface area (TPSA) is 41.6 Å². The van der Waals surface area contributed by atoms with E-state index in [1.807, 2.05) is 12.1 Å². The van der Waals surface area contributed by atoms with Gasteiger partial charge in [-0.1, -0.05) is 41.4 Å². The van der Waals surface area contributed by atoms with Crippen LogP contribution in [0.3, 0.4) is 0 Å². The standard InChI is InChI=1S/C22H25ClN2O2/c1-15-3-2-4-16(11-15)14-25-9-7-19(8-10-25)24-22(26)21-13-17-12-18(23)5-6-20(17)27-21/h2-6,11-12,19,21H,7-10,13-14H2,1H3,(H,24,26). The molecule has 2 aromatic rings. The van der Waals surface area contributed by atoms with Crippen LogP contribution in [0.4, 0.5) is 0 Å². The second kappa shape index (κ2) is 7.91. The smallest absolute Gasteiger partial charge is 0.261 e. The number of likely N-dealkylation sites (tertiary alicyclic amines) is 1. The van der Waals surface area contributed by atoms with Crippen LogP contribution in [0.1, 0.15) is 29.5 Å². The molecule has 2 aromatic carbocycles. The highest BCUT2D eigenvalue weighted by Gasteiger charge is 2.31. The largest absolute Gasteiger partial charge is 0.480 e. The van der Waals surface area contributed by atoms with Gasteiger partial charge in [0.25, 0.3) is 5.91 Å². The van der Waals surface area contributed by atoms with Gasteiger partial charge in [0.15, 0.2) is 6.10 Å². The van der Waals surface area contributed by atoms with Gasteiger partial charge in [0.1, 0.15) is 5.75 Å². The van der Waals surface area contributed by atoms with E-state index in [-0.39, 0.29) is 11.9 Å². The number of amides is 1. The molecule has 142 valence electrons. The SMILES string of the molecule is Cc1cccc(CN2CCC(NC(=O)C3Cc4cc(Cl)ccc4O3)CC2)c1. The Morgan fingerprint density at radius 1 is 1.22 bits per heavy atom. The average Bonchev–Trinajstić information content (AvgIpc) is 3.07. The second-order valence-electron chi connectivity index (χ2n) is 7.61. The monoisotopic (exact) mass is 384 g/mol. The minimum absolute atomic E-state index is 0.0144. The Morgan fingerprint density at radius 3 is 2.81 bits per heavy atom. The van der Waals surface area contributed by atoms with Gasteiger partial charge < -0.3 is 10.1 Å². The minimum atomic E-state index is -0.441. The first-order valence-electron chi connectivity index (χ1n) is 9.60. The number of nitrogens with zero attached hydrogens (tertiary/aromatic N) is 1. The Kier molecular flexibility index (Phi) is 5.37. The van der Waals surface area contributed by atoms with Gasteiger partial charge in [0.05, 0.1) is 0 Å². The van der Waals surface area contributed by atoms with Crippen LogP contribution in [0.25, 0.3) is 0 Å². The van der Waals surface area contributed by atoms with Crippen molar-refractivity contribution in [1.29, 1.82) is 0 Å². The summed E-state index contributed by atoms with van der Waals surface area (Å²) in [5.41, 5.74) is 3.66. The maximum Gasteiger partial charge on any atom is 0.261 e. The summed E-state index contributed by atoms with van der Waals surface area (Å²) < 4.78 is 5.80. The molecular weight excluding hydrogens is 360 g/mol. The van der Waals surface area contributed by atoms with E-state index in [9.17, 15) is 4.79 Å². The number of carbonyl (C=O) groups is 1. The maximum absolute atomic E-state index is 12.6. The first-order chi connectivity index (χ1) is 13.1. The molecule has 0 bridgehead atoms. The van der Waals surface area contributed by atoms with Crippen molar-refractivity contribution in [3.8, 4) is 5.75 Å². The van der Waals surface area contributed by atoms with Crippen LogP contribution < -0.4 is 10.1 Å². The zero-order valence-electron chi connectivity index (χ0n) is 15.6. The van der Waals surface area contributed by atoms with Crippen LogP contribution in [0, 0.1) is 6.92 Å². The van der Waals surface area contributed by atoms with Gasteiger partial charge in [-0.3, -0.25) is 9.69 Å². The number of rotatable bonds is 4. The van der Waals surface area contributed by atoms with Crippen molar-refractivity contribution in [2.45, 2.75) is 44.9 Å². The highest BCUT2D eigenvalue weighted by molar-refractivity contribution is 6.30. The summed E-state index contributed by atoms with van der Waals surface area (Å²) in [4.78, 5) is 15.1. The van der Waals surface area contributed by atoms with Crippen molar-refractivity contribution < 1.29 is 9.53 Å². The maximum atomic E-state index is 12.6. The Labute approximate surface area is 165 Å². The molecule has 2 heterocycles. The lowest BCUT2D eigenvalue weighted by Gasteiger charge is -2.32. The van der Waals surface area contributed by atoms with E-state index < -0.39 is 6.10 Å². The number of aryl methyl sites for hydroxylation is 1. The Balaban J connectivity index is 1.25. The lowest BCUT2D eigenvalue weighted by Crippen LogP contribution is -2.48. The molecule has 0 aliphatic carbocycles. The number of hydrogen-bond donors (Lipinski definition) is 1. The van der Waals surface area contributed by atoms with Gasteiger partial charge in [-0.05, 0) is 49.1 Å². The molecule has 1 unspecified atom stereocenters. The summed E-state index contributed by atoms with van der Waals surface area (Å²) in [7, 11) is 0. The molecule has 4 nitrogen and oxygen atoms in total. The number of fused-ring (bicyclic) bond motifs is 1. The van der Waals surface area contributed by atoms with Crippen molar-refractivity contribution >= 4 is 17.5 Å². The number of nitrogens with one attached hydrogen (secondary N) is 1. The number of carbonyl (C=O) groups excluding carboxylic acids is 1. The molecule has 2 aliphatic heterocycles. The Hall–Kier alpha value is -2.04. The number of hydrogen-bond acceptors (Lipinski definition) is 3. The lowest BCUT2D eigenvalue weighted by molar-refractivity contribution is -0.128. The number of piperidine rings is 1. The summed E-state index contributed by atoms with van der Waals surface area (Å²) in [5.74, 6) is 0.756. The van der Waals surface area contributed by atoms with E-state index in [0.29, 0.717) is 11.4 Å². The third-order valence-electron chi connectivity index (χ3n) is 5.41. The van der Waals surface area contributed by atoms with E-state index in [2.05, 4.69) is 41.4 Å². The molecule has 1 N–H and O–H groups in total. The highest BCUT2D eigenvalue weighted by atomic mass is 35.5. The van der Waals surface area contributed by atoms with Crippen molar-refractivity contribution in [2.24, 2.45) is 0 Å². The number of ether oxygens (including phenoxy) is 1. The van der Waals surface area contributed by atoms with E-state index in [1.165, 1.54) is 11.1 Å². The van der Waals surface area contributed by atoms with Gasteiger partial charge in [0, 0.05) is 37.1 Å². The van der Waals surface area contributed by atoms with Crippen LogP contribution in [0.5, 0.6) is 5.75 Å². The van der Waals surface area contributed by atoms with E-state index >= 15 is 0 Å². The summed E-state index contributed by atoms with van der Waals surface area (Å²) in [6.45, 7) is 5.10. The van der Waals surface area contributed by atoms with Crippen LogP contribution in [0.2, 0.25) is 5.02 Å². The number of halogens is 1. The molecule has 0 aromatic heterocycles. The molecule has 0 saturated carbocycles. The zero-order valence-corrected chi connectivity index (χ0v) is 16.3. The molecule has 0 spiro atoms. The van der Waals surface area contributed by atoms with Gasteiger partial charge in [-0.25, -0.2) is 0 Å². The molecule has 1 fully saturated rings. The molecule has 1 atom stereocenters. The predicted octanol–water partition coefficient (Wildman–Crippen LogP) is 3.73. The Morgan fingerprint density at radius 2 is 2.04 bits per heavy atom. The minimum Gasteiger partial charge on any atom is -0.480 e. The second-order valence-corrected chi connectivity index (χ2v) is 8.05. The lowest BCUT2D eigenvalue weighted by atomic mass is 10.0. The average molecular weight is 385 g/mol. The van der Waals surface area contributed by atoms with Gasteiger partial charge in [-0.15, -0.1) is 0 Å². The summed E-state index contributed by atoms with van der Waals surface area (Å²) >= 11 is 6.03. The fourth-order valence-electron chi connectivity index (χ4n) is 3.96. The third-order valence-corrected chi connectivity index (χ3v) is 5.65. The zero-order chi connectivity index (χ0) is 18.8. The highest BCUT2D eigenvalue weighted by Crippen LogP contribution is 2.31. The van der Waals surface area contributed by atoms with Gasteiger partial charge >= 0.3 is 0 Å². The van der Waals surface area contributed by atoms with Gasteiger partial charge in [-0.2, -0.15) is 0 Å². The van der Waals surface area contributed by atoms with Crippen molar-refractivity contribution in [3.05, 3.63) is 64.2 Å². The Bertz CT molecular complexity index is 831. The summed E-state index contributed by atoms with van der Waals surface area (Å²) in [6.07, 6.45) is 2.10. The number of benzene rings is 2. The normalized spacial score (nSPS) is 20.1. The molecule has 5 heteroatoms. The summed E-state index contributed by atoms with van der Waals surface area (Å²) in [6, 6.07) is 14.4. The van der Waals surface area contributed by atoms with Crippen molar-refractivity contribution in [3.63, 3.8) is 0 Å². The molecule has 2 aliphatic rings. The van der Waals surface area contributed by atoms with Crippen LogP contribution in [0.15, 0.2) is 42.5 Å².